The van der Waals surface area contributed by atoms with Crippen LogP contribution in [0.15, 0.2) is 109 Å². The van der Waals surface area contributed by atoms with E-state index in [-0.39, 0.29) is 24.3 Å². The van der Waals surface area contributed by atoms with E-state index < -0.39 is 11.9 Å². The van der Waals surface area contributed by atoms with Crippen molar-refractivity contribution in [1.82, 2.24) is 9.97 Å². The molecule has 7 aromatic rings. The quantitative estimate of drug-likeness (QED) is 0.219. The summed E-state index contributed by atoms with van der Waals surface area (Å²) >= 11 is 0. The molecule has 0 radical (unpaired) electrons. The molecule has 0 spiro atoms. The number of rotatable bonds is 6. The summed E-state index contributed by atoms with van der Waals surface area (Å²) < 4.78 is 11.7. The molecule has 2 N–H and O–H groups in total. The van der Waals surface area contributed by atoms with Crippen LogP contribution >= 0.6 is 0 Å². The van der Waals surface area contributed by atoms with Gasteiger partial charge in [-0.2, -0.15) is 0 Å². The van der Waals surface area contributed by atoms with Gasteiger partial charge in [-0.1, -0.05) is 97.1 Å². The molecule has 0 aliphatic carbocycles. The number of ether oxygens (including phenoxy) is 2. The summed E-state index contributed by atoms with van der Waals surface area (Å²) in [4.78, 5) is 35.0. The van der Waals surface area contributed by atoms with E-state index in [1.807, 2.05) is 109 Å². The van der Waals surface area contributed by atoms with Crippen molar-refractivity contribution in [2.45, 2.75) is 13.2 Å². The summed E-state index contributed by atoms with van der Waals surface area (Å²) in [5, 5.41) is 2.89. The van der Waals surface area contributed by atoms with E-state index in [1.54, 1.807) is 0 Å². The van der Waals surface area contributed by atoms with Gasteiger partial charge in [0.1, 0.15) is 13.2 Å². The Morgan fingerprint density at radius 1 is 0.500 bits per heavy atom. The van der Waals surface area contributed by atoms with Crippen molar-refractivity contribution < 1.29 is 19.1 Å². The van der Waals surface area contributed by atoms with Gasteiger partial charge in [0, 0.05) is 32.6 Å². The minimum atomic E-state index is -0.586. The third-order valence-electron chi connectivity index (χ3n) is 7.25. The average molecular weight is 525 g/mol. The molecule has 5 aromatic carbocycles. The number of H-pyrrole nitrogens is 2. The Hall–Kier alpha value is -5.36. The van der Waals surface area contributed by atoms with Gasteiger partial charge in [-0.3, -0.25) is 0 Å². The molecule has 0 amide bonds. The Labute approximate surface area is 229 Å². The Morgan fingerprint density at radius 2 is 0.875 bits per heavy atom. The third kappa shape index (κ3) is 3.98. The predicted molar refractivity (Wildman–Crippen MR) is 156 cm³/mol. The summed E-state index contributed by atoms with van der Waals surface area (Å²) in [7, 11) is 0. The highest BCUT2D eigenvalue weighted by atomic mass is 16.5. The van der Waals surface area contributed by atoms with Crippen molar-refractivity contribution in [3.8, 4) is 0 Å². The van der Waals surface area contributed by atoms with Gasteiger partial charge in [0.15, 0.2) is 0 Å². The second kappa shape index (κ2) is 9.75. The van der Waals surface area contributed by atoms with Gasteiger partial charge in [-0.15, -0.1) is 0 Å². The van der Waals surface area contributed by atoms with Gasteiger partial charge in [-0.05, 0) is 23.3 Å². The number of carbonyl (C=O) groups is 2. The summed E-state index contributed by atoms with van der Waals surface area (Å²) in [6.45, 7) is 0.155. The number of benzene rings is 5. The minimum absolute atomic E-state index is 0.0773. The number of para-hydroxylation sites is 2. The highest BCUT2D eigenvalue weighted by Gasteiger charge is 2.30. The molecule has 6 nitrogen and oxygen atoms in total. The number of aromatic nitrogens is 2. The van der Waals surface area contributed by atoms with E-state index in [0.29, 0.717) is 10.8 Å². The molecule has 2 heterocycles. The number of nitrogens with one attached hydrogen (secondary N) is 2. The Morgan fingerprint density at radius 3 is 1.30 bits per heavy atom. The molecular weight excluding hydrogens is 500 g/mol. The van der Waals surface area contributed by atoms with Crippen molar-refractivity contribution in [2.75, 3.05) is 0 Å². The van der Waals surface area contributed by atoms with Gasteiger partial charge in [0.2, 0.25) is 0 Å². The van der Waals surface area contributed by atoms with Crippen molar-refractivity contribution >= 4 is 55.6 Å². The smallest absolute Gasteiger partial charge is 0.340 e. The molecule has 0 saturated carbocycles. The predicted octanol–water partition coefficient (Wildman–Crippen LogP) is 7.67. The summed E-state index contributed by atoms with van der Waals surface area (Å²) in [6.07, 6.45) is 0. The van der Waals surface area contributed by atoms with Crippen LogP contribution in [0.1, 0.15) is 31.8 Å². The lowest BCUT2D eigenvalue weighted by Gasteiger charge is -2.14. The SMILES string of the molecule is O=C(OCc1ccccc1)c1c(C(=O)OCc2ccccc2)c2c3ccccc3[nH]c2c2[nH]c3ccccc3c12. The van der Waals surface area contributed by atoms with Gasteiger partial charge in [0.25, 0.3) is 0 Å². The number of carbonyl (C=O) groups excluding carboxylic acids is 2. The van der Waals surface area contributed by atoms with Crippen molar-refractivity contribution in [1.29, 1.82) is 0 Å². The molecule has 0 fully saturated rings. The van der Waals surface area contributed by atoms with Gasteiger partial charge >= 0.3 is 11.9 Å². The monoisotopic (exact) mass is 524 g/mol. The van der Waals surface area contributed by atoms with E-state index in [0.717, 1.165) is 44.0 Å². The zero-order valence-electron chi connectivity index (χ0n) is 21.4. The number of aromatic amines is 2. The molecule has 0 bridgehead atoms. The van der Waals surface area contributed by atoms with Crippen LogP contribution in [0.4, 0.5) is 0 Å². The fourth-order valence-corrected chi connectivity index (χ4v) is 5.43. The number of fused-ring (bicyclic) bond motifs is 7. The topological polar surface area (TPSA) is 84.2 Å². The fourth-order valence-electron chi connectivity index (χ4n) is 5.43. The maximum absolute atomic E-state index is 14.0. The Balaban J connectivity index is 1.49. The molecule has 0 aliphatic rings. The van der Waals surface area contributed by atoms with E-state index in [9.17, 15) is 9.59 Å². The maximum atomic E-state index is 14.0. The standard InChI is InChI=1S/C34H24N2O4/c37-33(39-19-21-11-3-1-4-12-21)29-27-23-15-7-9-17-25(23)35-31(27)32-28(24-16-8-10-18-26(24)36-32)30(29)34(38)40-20-22-13-5-2-6-14-22/h1-18,35-36H,19-20H2. The molecular formula is C34H24N2O4. The van der Waals surface area contributed by atoms with Crippen LogP contribution < -0.4 is 0 Å². The molecule has 7 rings (SSSR count). The largest absolute Gasteiger partial charge is 0.457 e. The minimum Gasteiger partial charge on any atom is -0.457 e. The molecule has 40 heavy (non-hydrogen) atoms. The first-order valence-corrected chi connectivity index (χ1v) is 13.1. The highest BCUT2D eigenvalue weighted by molar-refractivity contribution is 6.33. The first kappa shape index (κ1) is 23.7. The molecule has 0 aliphatic heterocycles. The van der Waals surface area contributed by atoms with Crippen LogP contribution in [-0.2, 0) is 22.7 Å². The van der Waals surface area contributed by atoms with Crippen LogP contribution in [0.3, 0.4) is 0 Å². The lowest BCUT2D eigenvalue weighted by Crippen LogP contribution is -2.15. The van der Waals surface area contributed by atoms with Crippen LogP contribution in [0.5, 0.6) is 0 Å². The molecule has 2 aromatic heterocycles. The van der Waals surface area contributed by atoms with Crippen molar-refractivity contribution in [2.24, 2.45) is 0 Å². The van der Waals surface area contributed by atoms with Gasteiger partial charge in [0.05, 0.1) is 22.2 Å². The third-order valence-corrected chi connectivity index (χ3v) is 7.25. The molecule has 6 heteroatoms. The zero-order valence-corrected chi connectivity index (χ0v) is 21.4. The number of hydrogen-bond acceptors (Lipinski definition) is 4. The normalized spacial score (nSPS) is 11.4. The first-order chi connectivity index (χ1) is 19.7. The fraction of sp³-hybridized carbons (Fsp3) is 0.0588. The lowest BCUT2D eigenvalue weighted by atomic mass is 9.95. The summed E-state index contributed by atoms with van der Waals surface area (Å²) in [5.74, 6) is -1.17. The second-order valence-corrected chi connectivity index (χ2v) is 9.71. The van der Waals surface area contributed by atoms with Gasteiger partial charge < -0.3 is 19.4 Å². The van der Waals surface area contributed by atoms with E-state index in [2.05, 4.69) is 9.97 Å². The van der Waals surface area contributed by atoms with Gasteiger partial charge in [-0.25, -0.2) is 9.59 Å². The maximum Gasteiger partial charge on any atom is 0.340 e. The second-order valence-electron chi connectivity index (χ2n) is 9.71. The van der Waals surface area contributed by atoms with Crippen LogP contribution in [0, 0.1) is 0 Å². The number of esters is 2. The van der Waals surface area contributed by atoms with E-state index in [1.165, 1.54) is 0 Å². The van der Waals surface area contributed by atoms with Crippen molar-refractivity contribution in [3.63, 3.8) is 0 Å². The highest BCUT2D eigenvalue weighted by Crippen LogP contribution is 2.41. The zero-order chi connectivity index (χ0) is 27.1. The molecule has 194 valence electrons. The summed E-state index contributed by atoms with van der Waals surface area (Å²) in [6, 6.07) is 34.5. The Bertz CT molecular complexity index is 1890. The van der Waals surface area contributed by atoms with Crippen LogP contribution in [-0.4, -0.2) is 21.9 Å². The molecule has 0 saturated heterocycles. The summed E-state index contributed by atoms with van der Waals surface area (Å²) in [5.41, 5.74) is 5.27. The van der Waals surface area contributed by atoms with Crippen molar-refractivity contribution in [3.05, 3.63) is 131 Å². The average Bonchev–Trinajstić information content (AvgIpc) is 3.58. The Kier molecular flexibility index (Phi) is 5.78. The van der Waals surface area contributed by atoms with E-state index in [4.69, 9.17) is 9.47 Å². The lowest BCUT2D eigenvalue weighted by molar-refractivity contribution is 0.0429. The molecule has 0 unspecified atom stereocenters. The molecule has 0 atom stereocenters. The van der Waals surface area contributed by atoms with Crippen LogP contribution in [0.2, 0.25) is 0 Å². The van der Waals surface area contributed by atoms with E-state index >= 15 is 0 Å². The van der Waals surface area contributed by atoms with Crippen LogP contribution in [0.25, 0.3) is 43.6 Å². The first-order valence-electron chi connectivity index (χ1n) is 13.1. The number of hydrogen-bond donors (Lipinski definition) is 2.